The van der Waals surface area contributed by atoms with Gasteiger partial charge >= 0.3 is 0 Å². The summed E-state index contributed by atoms with van der Waals surface area (Å²) in [6.45, 7) is 0.345. The molecule has 0 fully saturated rings. The van der Waals surface area contributed by atoms with Crippen LogP contribution in [0, 0.1) is 5.82 Å². The summed E-state index contributed by atoms with van der Waals surface area (Å²) in [5.41, 5.74) is 3.30. The zero-order chi connectivity index (χ0) is 16.1. The largest absolute Gasteiger partial charge is 0.391 e. The first-order chi connectivity index (χ1) is 11.2. The van der Waals surface area contributed by atoms with E-state index in [2.05, 4.69) is 15.4 Å². The van der Waals surface area contributed by atoms with Gasteiger partial charge in [-0.2, -0.15) is 5.10 Å². The summed E-state index contributed by atoms with van der Waals surface area (Å²) in [5, 5.41) is 11.5. The molecule has 4 nitrogen and oxygen atoms in total. The Morgan fingerprint density at radius 1 is 1.13 bits per heavy atom. The van der Waals surface area contributed by atoms with E-state index >= 15 is 0 Å². The lowest BCUT2D eigenvalue weighted by molar-refractivity contribution is 0.132. The molecule has 1 aromatic heterocycles. The molecular weight excluding hydrogens is 317 g/mol. The van der Waals surface area contributed by atoms with Crippen LogP contribution in [0.3, 0.4) is 0 Å². The van der Waals surface area contributed by atoms with Gasteiger partial charge in [0.2, 0.25) is 0 Å². The fraction of sp³-hybridized carbons (Fsp3) is 0.0588. The van der Waals surface area contributed by atoms with Crippen molar-refractivity contribution in [2.24, 2.45) is 5.16 Å². The van der Waals surface area contributed by atoms with Crippen LogP contribution in [0.25, 0.3) is 11.3 Å². The molecule has 0 radical (unpaired) electrons. The fourth-order valence-corrected chi connectivity index (χ4v) is 2.15. The fourth-order valence-electron chi connectivity index (χ4n) is 2.03. The highest BCUT2D eigenvalue weighted by atomic mass is 35.5. The van der Waals surface area contributed by atoms with Crippen molar-refractivity contribution in [1.82, 2.24) is 10.2 Å². The minimum absolute atomic E-state index is 0.283. The number of nitrogens with zero attached hydrogens (tertiary/aromatic N) is 2. The minimum atomic E-state index is -0.283. The molecule has 0 bridgehead atoms. The Kier molecular flexibility index (Phi) is 4.68. The zero-order valence-electron chi connectivity index (χ0n) is 12.0. The Bertz CT molecular complexity index is 797. The molecule has 0 amide bonds. The molecular formula is C17H13ClFN3O. The number of aromatic nitrogens is 2. The molecule has 6 heteroatoms. The van der Waals surface area contributed by atoms with Crippen LogP contribution in [-0.2, 0) is 11.4 Å². The second-order valence-electron chi connectivity index (χ2n) is 4.84. The molecule has 0 aliphatic heterocycles. The van der Waals surface area contributed by atoms with E-state index in [0.29, 0.717) is 11.6 Å². The molecule has 3 aromatic rings. The molecule has 23 heavy (non-hydrogen) atoms. The van der Waals surface area contributed by atoms with E-state index in [1.165, 1.54) is 12.1 Å². The highest BCUT2D eigenvalue weighted by Crippen LogP contribution is 2.20. The SMILES string of the molecule is Fc1ccc(-c2[nH]ncc2/C=N/OCc2ccc(Cl)cc2)cc1. The minimum Gasteiger partial charge on any atom is -0.391 e. The van der Waals surface area contributed by atoms with Gasteiger partial charge in [-0.05, 0) is 42.0 Å². The predicted molar refractivity (Wildman–Crippen MR) is 87.8 cm³/mol. The molecule has 0 unspecified atom stereocenters. The van der Waals surface area contributed by atoms with Crippen LogP contribution >= 0.6 is 11.6 Å². The molecule has 1 heterocycles. The van der Waals surface area contributed by atoms with Gasteiger partial charge in [0.05, 0.1) is 18.1 Å². The van der Waals surface area contributed by atoms with Crippen LogP contribution in [0.15, 0.2) is 59.9 Å². The predicted octanol–water partition coefficient (Wildman–Crippen LogP) is 4.42. The first kappa shape index (κ1) is 15.2. The third-order valence-corrected chi connectivity index (χ3v) is 3.46. The number of nitrogens with one attached hydrogen (secondary N) is 1. The van der Waals surface area contributed by atoms with Crippen molar-refractivity contribution < 1.29 is 9.23 Å². The summed E-state index contributed by atoms with van der Waals surface area (Å²) < 4.78 is 13.0. The van der Waals surface area contributed by atoms with E-state index in [4.69, 9.17) is 16.4 Å². The van der Waals surface area contributed by atoms with Crippen molar-refractivity contribution in [2.45, 2.75) is 6.61 Å². The van der Waals surface area contributed by atoms with Crippen LogP contribution in [-0.4, -0.2) is 16.4 Å². The molecule has 0 aliphatic carbocycles. The molecule has 3 rings (SSSR count). The molecule has 1 N–H and O–H groups in total. The molecule has 0 saturated heterocycles. The summed E-state index contributed by atoms with van der Waals surface area (Å²) in [6, 6.07) is 13.5. The van der Waals surface area contributed by atoms with Crippen LogP contribution in [0.5, 0.6) is 0 Å². The van der Waals surface area contributed by atoms with Gasteiger partial charge in [0.25, 0.3) is 0 Å². The topological polar surface area (TPSA) is 50.3 Å². The maximum Gasteiger partial charge on any atom is 0.142 e. The maximum absolute atomic E-state index is 13.0. The van der Waals surface area contributed by atoms with E-state index in [-0.39, 0.29) is 5.82 Å². The van der Waals surface area contributed by atoms with Crippen molar-refractivity contribution in [2.75, 3.05) is 0 Å². The van der Waals surface area contributed by atoms with Crippen molar-refractivity contribution in [3.63, 3.8) is 0 Å². The molecule has 0 saturated carbocycles. The Morgan fingerprint density at radius 2 is 1.87 bits per heavy atom. The summed E-state index contributed by atoms with van der Waals surface area (Å²) in [6.07, 6.45) is 3.20. The number of halogens is 2. The van der Waals surface area contributed by atoms with Crippen molar-refractivity contribution in [3.8, 4) is 11.3 Å². The molecule has 116 valence electrons. The summed E-state index contributed by atoms with van der Waals surface area (Å²) in [5.74, 6) is -0.283. The van der Waals surface area contributed by atoms with Crippen molar-refractivity contribution in [3.05, 3.63) is 76.7 Å². The van der Waals surface area contributed by atoms with Gasteiger partial charge in [0, 0.05) is 16.1 Å². The number of aromatic amines is 1. The van der Waals surface area contributed by atoms with Gasteiger partial charge < -0.3 is 4.84 Å². The first-order valence-corrected chi connectivity index (χ1v) is 7.29. The average Bonchev–Trinajstić information content (AvgIpc) is 3.02. The van der Waals surface area contributed by atoms with Gasteiger partial charge in [-0.25, -0.2) is 4.39 Å². The van der Waals surface area contributed by atoms with Crippen LogP contribution in [0.4, 0.5) is 4.39 Å². The zero-order valence-corrected chi connectivity index (χ0v) is 12.8. The van der Waals surface area contributed by atoms with Crippen LogP contribution in [0.2, 0.25) is 5.02 Å². The van der Waals surface area contributed by atoms with Gasteiger partial charge in [-0.1, -0.05) is 28.9 Å². The molecule has 0 spiro atoms. The third-order valence-electron chi connectivity index (χ3n) is 3.21. The van der Waals surface area contributed by atoms with Gasteiger partial charge in [-0.15, -0.1) is 0 Å². The van der Waals surface area contributed by atoms with Crippen molar-refractivity contribution >= 4 is 17.8 Å². The second kappa shape index (κ2) is 7.07. The summed E-state index contributed by atoms with van der Waals surface area (Å²) in [7, 11) is 0. The summed E-state index contributed by atoms with van der Waals surface area (Å²) in [4.78, 5) is 5.27. The Hall–Kier alpha value is -2.66. The van der Waals surface area contributed by atoms with Gasteiger partial charge in [0.15, 0.2) is 0 Å². The van der Waals surface area contributed by atoms with E-state index < -0.39 is 0 Å². The first-order valence-electron chi connectivity index (χ1n) is 6.91. The monoisotopic (exact) mass is 329 g/mol. The smallest absolute Gasteiger partial charge is 0.142 e. The Balaban J connectivity index is 1.65. The van der Waals surface area contributed by atoms with Crippen molar-refractivity contribution in [1.29, 1.82) is 0 Å². The average molecular weight is 330 g/mol. The normalized spacial score (nSPS) is 11.0. The van der Waals surface area contributed by atoms with Crippen LogP contribution in [0.1, 0.15) is 11.1 Å². The lowest BCUT2D eigenvalue weighted by atomic mass is 10.1. The van der Waals surface area contributed by atoms with Gasteiger partial charge in [0.1, 0.15) is 12.4 Å². The number of benzene rings is 2. The second-order valence-corrected chi connectivity index (χ2v) is 5.28. The third kappa shape index (κ3) is 3.96. The molecule has 0 aliphatic rings. The Morgan fingerprint density at radius 3 is 2.61 bits per heavy atom. The lowest BCUT2D eigenvalue weighted by Crippen LogP contribution is -1.89. The number of rotatable bonds is 5. The lowest BCUT2D eigenvalue weighted by Gasteiger charge is -2.01. The Labute approximate surface area is 137 Å². The molecule has 2 aromatic carbocycles. The number of oxime groups is 1. The maximum atomic E-state index is 13.0. The number of hydrogen-bond donors (Lipinski definition) is 1. The standard InChI is InChI=1S/C17H13ClFN3O/c18-15-5-1-12(2-6-15)11-23-21-10-14-9-20-22-17(14)13-3-7-16(19)8-4-13/h1-10H,11H2,(H,20,22)/b21-10+. The van der Waals surface area contributed by atoms with Gasteiger partial charge in [-0.3, -0.25) is 5.10 Å². The highest BCUT2D eigenvalue weighted by Gasteiger charge is 2.06. The highest BCUT2D eigenvalue weighted by molar-refractivity contribution is 6.30. The van der Waals surface area contributed by atoms with E-state index in [9.17, 15) is 4.39 Å². The van der Waals surface area contributed by atoms with Crippen LogP contribution < -0.4 is 0 Å². The quantitative estimate of drug-likeness (QED) is 0.556. The van der Waals surface area contributed by atoms with E-state index in [1.807, 2.05) is 12.1 Å². The van der Waals surface area contributed by atoms with E-state index in [1.54, 1.807) is 36.7 Å². The van der Waals surface area contributed by atoms with E-state index in [0.717, 1.165) is 22.4 Å². The number of hydrogen-bond acceptors (Lipinski definition) is 3. The molecule has 0 atom stereocenters. The number of H-pyrrole nitrogens is 1. The summed E-state index contributed by atoms with van der Waals surface area (Å²) >= 11 is 5.82.